The van der Waals surface area contributed by atoms with Crippen LogP contribution < -0.4 is 5.32 Å². The lowest BCUT2D eigenvalue weighted by molar-refractivity contribution is 0.0953. The van der Waals surface area contributed by atoms with Gasteiger partial charge in [-0.2, -0.15) is 11.8 Å². The van der Waals surface area contributed by atoms with Crippen LogP contribution in [0.4, 0.5) is 0 Å². The molecule has 1 amide bonds. The normalized spacial score (nSPS) is 18.3. The second-order valence-corrected chi connectivity index (χ2v) is 11.1. The average molecular weight is 422 g/mol. The van der Waals surface area contributed by atoms with Crippen molar-refractivity contribution in [2.24, 2.45) is 0 Å². The van der Waals surface area contributed by atoms with E-state index >= 15 is 0 Å². The molecule has 2 aromatic carbocycles. The van der Waals surface area contributed by atoms with Crippen molar-refractivity contribution >= 4 is 39.3 Å². The highest BCUT2D eigenvalue weighted by molar-refractivity contribution is 8.02. The molecule has 144 valence electrons. The molecule has 1 aliphatic rings. The van der Waals surface area contributed by atoms with Crippen molar-refractivity contribution in [3.05, 3.63) is 65.7 Å². The van der Waals surface area contributed by atoms with Gasteiger partial charge in [-0.05, 0) is 24.1 Å². The minimum Gasteiger partial charge on any atom is -0.351 e. The van der Waals surface area contributed by atoms with Gasteiger partial charge in [0.15, 0.2) is 9.84 Å². The van der Waals surface area contributed by atoms with Crippen molar-refractivity contribution in [1.29, 1.82) is 0 Å². The van der Waals surface area contributed by atoms with Gasteiger partial charge in [-0.15, -0.1) is 11.8 Å². The Morgan fingerprint density at radius 2 is 1.81 bits per heavy atom. The summed E-state index contributed by atoms with van der Waals surface area (Å²) in [4.78, 5) is 13.4. The molecule has 1 aliphatic heterocycles. The van der Waals surface area contributed by atoms with E-state index in [2.05, 4.69) is 17.4 Å². The third kappa shape index (κ3) is 6.30. The third-order valence-electron chi connectivity index (χ3n) is 4.26. The van der Waals surface area contributed by atoms with Gasteiger partial charge in [0.05, 0.1) is 17.1 Å². The highest BCUT2D eigenvalue weighted by Crippen LogP contribution is 2.33. The van der Waals surface area contributed by atoms with Gasteiger partial charge < -0.3 is 5.32 Å². The summed E-state index contributed by atoms with van der Waals surface area (Å²) < 4.78 is 23.3. The van der Waals surface area contributed by atoms with E-state index in [1.807, 2.05) is 36.4 Å². The van der Waals surface area contributed by atoms with Crippen molar-refractivity contribution in [3.63, 3.8) is 0 Å². The number of thioether (sulfide) groups is 2. The molecule has 7 heteroatoms. The van der Waals surface area contributed by atoms with E-state index in [0.29, 0.717) is 18.5 Å². The van der Waals surface area contributed by atoms with E-state index in [9.17, 15) is 13.2 Å². The number of rotatable bonds is 8. The molecule has 27 heavy (non-hydrogen) atoms. The quantitative estimate of drug-likeness (QED) is 0.660. The van der Waals surface area contributed by atoms with Crippen molar-refractivity contribution in [3.8, 4) is 0 Å². The molecular weight excluding hydrogens is 398 g/mol. The fourth-order valence-corrected chi connectivity index (χ4v) is 7.33. The molecule has 1 saturated heterocycles. The van der Waals surface area contributed by atoms with Crippen LogP contribution in [0.3, 0.4) is 0 Å². The zero-order valence-electron chi connectivity index (χ0n) is 15.0. The van der Waals surface area contributed by atoms with Crippen molar-refractivity contribution in [1.82, 2.24) is 5.32 Å². The maximum atomic E-state index is 12.5. The molecule has 4 nitrogen and oxygen atoms in total. The van der Waals surface area contributed by atoms with E-state index in [1.54, 1.807) is 17.8 Å². The van der Waals surface area contributed by atoms with Gasteiger partial charge in [-0.3, -0.25) is 4.79 Å². The number of hydrogen-bond donors (Lipinski definition) is 1. The first-order valence-electron chi connectivity index (χ1n) is 8.89. The first-order valence-corrected chi connectivity index (χ1v) is 12.7. The smallest absolute Gasteiger partial charge is 0.252 e. The maximum Gasteiger partial charge on any atom is 0.252 e. The van der Waals surface area contributed by atoms with Crippen molar-refractivity contribution in [2.45, 2.75) is 22.3 Å². The number of hydrogen-bond acceptors (Lipinski definition) is 5. The van der Waals surface area contributed by atoms with Crippen LogP contribution in [-0.2, 0) is 15.6 Å². The summed E-state index contributed by atoms with van der Waals surface area (Å²) >= 11 is 3.29. The molecular formula is C20H23NO3S3. The van der Waals surface area contributed by atoms with Gasteiger partial charge in [0, 0.05) is 28.2 Å². The van der Waals surface area contributed by atoms with E-state index < -0.39 is 9.84 Å². The van der Waals surface area contributed by atoms with Gasteiger partial charge in [0.2, 0.25) is 0 Å². The second kappa shape index (κ2) is 9.66. The molecule has 3 rings (SSSR count). The van der Waals surface area contributed by atoms with Crippen LogP contribution in [0, 0.1) is 0 Å². The zero-order chi connectivity index (χ0) is 19.1. The Labute approximate surface area is 169 Å². The Morgan fingerprint density at radius 1 is 1.07 bits per heavy atom. The zero-order valence-corrected chi connectivity index (χ0v) is 17.4. The summed E-state index contributed by atoms with van der Waals surface area (Å²) in [6.07, 6.45) is 0.652. The van der Waals surface area contributed by atoms with Crippen LogP contribution in [0.5, 0.6) is 0 Å². The van der Waals surface area contributed by atoms with E-state index in [1.165, 1.54) is 17.3 Å². The Morgan fingerprint density at radius 3 is 2.56 bits per heavy atom. The van der Waals surface area contributed by atoms with E-state index in [0.717, 1.165) is 16.4 Å². The van der Waals surface area contributed by atoms with Crippen LogP contribution in [0.15, 0.2) is 59.5 Å². The summed E-state index contributed by atoms with van der Waals surface area (Å²) in [6.45, 7) is 0.604. The predicted octanol–water partition coefficient (Wildman–Crippen LogP) is 3.63. The molecule has 1 fully saturated rings. The number of sulfone groups is 1. The summed E-state index contributed by atoms with van der Waals surface area (Å²) in [7, 11) is -2.92. The molecule has 1 unspecified atom stereocenters. The second-order valence-electron chi connectivity index (χ2n) is 6.43. The summed E-state index contributed by atoms with van der Waals surface area (Å²) in [5, 5.41) is 3.01. The van der Waals surface area contributed by atoms with Crippen molar-refractivity contribution < 1.29 is 13.2 Å². The summed E-state index contributed by atoms with van der Waals surface area (Å²) in [5.41, 5.74) is 1.90. The summed E-state index contributed by atoms with van der Waals surface area (Å²) in [6, 6.07) is 17.7. The molecule has 1 N–H and O–H groups in total. The lowest BCUT2D eigenvalue weighted by Crippen LogP contribution is -2.26. The molecule has 0 aromatic heterocycles. The highest BCUT2D eigenvalue weighted by Gasteiger charge is 2.29. The molecule has 0 saturated carbocycles. The monoisotopic (exact) mass is 421 g/mol. The molecule has 2 aromatic rings. The molecule has 1 heterocycles. The Balaban J connectivity index is 1.48. The number of amides is 1. The average Bonchev–Trinajstić information content (AvgIpc) is 3.01. The summed E-state index contributed by atoms with van der Waals surface area (Å²) in [5.74, 6) is 2.12. The fraction of sp³-hybridized carbons (Fsp3) is 0.350. The van der Waals surface area contributed by atoms with Gasteiger partial charge >= 0.3 is 0 Å². The first-order chi connectivity index (χ1) is 13.0. The van der Waals surface area contributed by atoms with Crippen LogP contribution in [0.25, 0.3) is 0 Å². The van der Waals surface area contributed by atoms with Gasteiger partial charge in [0.25, 0.3) is 5.91 Å². The Hall–Kier alpha value is -1.44. The minimum atomic E-state index is -2.92. The number of nitrogens with one attached hydrogen (secondary N) is 1. The topological polar surface area (TPSA) is 63.2 Å². The molecule has 0 radical (unpaired) electrons. The highest BCUT2D eigenvalue weighted by atomic mass is 32.2. The van der Waals surface area contributed by atoms with Gasteiger partial charge in [-0.1, -0.05) is 42.5 Å². The number of benzene rings is 2. The fourth-order valence-electron chi connectivity index (χ4n) is 2.89. The molecule has 1 atom stereocenters. The van der Waals surface area contributed by atoms with E-state index in [4.69, 9.17) is 0 Å². The van der Waals surface area contributed by atoms with Gasteiger partial charge in [0.1, 0.15) is 0 Å². The minimum absolute atomic E-state index is 0.0328. The molecule has 0 aliphatic carbocycles. The van der Waals surface area contributed by atoms with Crippen LogP contribution >= 0.6 is 23.5 Å². The van der Waals surface area contributed by atoms with Crippen LogP contribution in [0.2, 0.25) is 0 Å². The largest absolute Gasteiger partial charge is 0.351 e. The Bertz CT molecular complexity index is 869. The lowest BCUT2D eigenvalue weighted by atomic mass is 10.2. The SMILES string of the molecule is O=C(NCCSCc1ccccc1)c1ccccc1SC1CCS(=O)(=O)C1. The van der Waals surface area contributed by atoms with Crippen LogP contribution in [0.1, 0.15) is 22.3 Å². The lowest BCUT2D eigenvalue weighted by Gasteiger charge is -2.12. The Kier molecular flexibility index (Phi) is 7.26. The first kappa shape index (κ1) is 20.3. The maximum absolute atomic E-state index is 12.5. The van der Waals surface area contributed by atoms with E-state index in [-0.39, 0.29) is 22.7 Å². The van der Waals surface area contributed by atoms with Crippen molar-refractivity contribution in [2.75, 3.05) is 23.8 Å². The standard InChI is InChI=1S/C20H23NO3S3/c22-20(21-11-12-25-14-16-6-2-1-3-7-16)18-8-4-5-9-19(18)26-17-10-13-27(23,24)15-17/h1-9,17H,10-15H2,(H,21,22). The van der Waals surface area contributed by atoms with Gasteiger partial charge in [-0.25, -0.2) is 8.42 Å². The molecule has 0 bridgehead atoms. The third-order valence-corrected chi connectivity index (χ3v) is 8.61. The number of carbonyl (C=O) groups excluding carboxylic acids is 1. The molecule has 0 spiro atoms. The van der Waals surface area contributed by atoms with Crippen LogP contribution in [-0.4, -0.2) is 43.4 Å². The predicted molar refractivity (Wildman–Crippen MR) is 114 cm³/mol. The number of carbonyl (C=O) groups is 1.